The van der Waals surface area contributed by atoms with Gasteiger partial charge in [0.1, 0.15) is 5.69 Å². The Hall–Kier alpha value is -4.43. The summed E-state index contributed by atoms with van der Waals surface area (Å²) < 4.78 is 4.72. The van der Waals surface area contributed by atoms with E-state index in [4.69, 9.17) is 0 Å². The SMILES string of the molecule is Cc1ccccc1-c1n(-c2ccc(-c3ccccc3)cc2)c2cc(-c3ccccc3)ccc2[n+]1C. The Morgan fingerprint density at radius 1 is 0.543 bits per heavy atom. The van der Waals surface area contributed by atoms with E-state index in [1.807, 2.05) is 0 Å². The zero-order valence-electron chi connectivity index (χ0n) is 20.0. The predicted octanol–water partition coefficient (Wildman–Crippen LogP) is 7.76. The van der Waals surface area contributed by atoms with Gasteiger partial charge in [-0.25, -0.2) is 4.57 Å². The molecule has 35 heavy (non-hydrogen) atoms. The van der Waals surface area contributed by atoms with Crippen molar-refractivity contribution in [1.29, 1.82) is 0 Å². The van der Waals surface area contributed by atoms with Crippen molar-refractivity contribution in [3.8, 4) is 39.3 Å². The molecule has 0 N–H and O–H groups in total. The number of aromatic nitrogens is 2. The van der Waals surface area contributed by atoms with E-state index in [-0.39, 0.29) is 0 Å². The molecule has 0 fully saturated rings. The lowest BCUT2D eigenvalue weighted by atomic mass is 10.0. The molecule has 0 saturated heterocycles. The molecule has 2 nitrogen and oxygen atoms in total. The zero-order valence-corrected chi connectivity index (χ0v) is 20.0. The molecule has 0 amide bonds. The first-order chi connectivity index (χ1) is 17.2. The Morgan fingerprint density at radius 2 is 1.09 bits per heavy atom. The molecule has 0 unspecified atom stereocenters. The molecule has 6 rings (SSSR count). The van der Waals surface area contributed by atoms with Crippen LogP contribution in [0.2, 0.25) is 0 Å². The molecular formula is C33H27N2+. The van der Waals surface area contributed by atoms with Gasteiger partial charge >= 0.3 is 0 Å². The standard InChI is InChI=1S/C33H27N2/c1-24-11-9-10-16-30(24)33-34(2)31-22-19-28(26-14-7-4-8-15-26)23-32(31)35(33)29-20-17-27(18-21-29)25-12-5-3-6-13-25/h3-23H,1-2H3/q+1. The second kappa shape index (κ2) is 8.73. The number of hydrogen-bond donors (Lipinski definition) is 0. The Labute approximate surface area is 206 Å². The van der Waals surface area contributed by atoms with Crippen molar-refractivity contribution in [1.82, 2.24) is 4.57 Å². The predicted molar refractivity (Wildman–Crippen MR) is 145 cm³/mol. The maximum atomic E-state index is 2.40. The van der Waals surface area contributed by atoms with E-state index < -0.39 is 0 Å². The summed E-state index contributed by atoms with van der Waals surface area (Å²) in [4.78, 5) is 0. The minimum absolute atomic E-state index is 1.15. The number of imidazole rings is 1. The molecule has 0 saturated carbocycles. The molecule has 0 aliphatic rings. The first kappa shape index (κ1) is 21.1. The first-order valence-electron chi connectivity index (χ1n) is 12.0. The average molecular weight is 452 g/mol. The number of aryl methyl sites for hydroxylation is 2. The Bertz CT molecular complexity index is 1630. The van der Waals surface area contributed by atoms with Gasteiger partial charge in [-0.3, -0.25) is 0 Å². The summed E-state index contributed by atoms with van der Waals surface area (Å²) in [5.41, 5.74) is 10.9. The molecule has 0 aliphatic heterocycles. The fourth-order valence-corrected chi connectivity index (χ4v) is 4.99. The van der Waals surface area contributed by atoms with Crippen molar-refractivity contribution in [2.75, 3.05) is 0 Å². The second-order valence-corrected chi connectivity index (χ2v) is 9.02. The molecule has 2 heteroatoms. The van der Waals surface area contributed by atoms with Gasteiger partial charge in [0.2, 0.25) is 0 Å². The summed E-state index contributed by atoms with van der Waals surface area (Å²) in [5, 5.41) is 0. The van der Waals surface area contributed by atoms with Crippen molar-refractivity contribution in [3.05, 3.63) is 133 Å². The maximum Gasteiger partial charge on any atom is 0.295 e. The molecule has 0 aliphatic carbocycles. The van der Waals surface area contributed by atoms with Crippen LogP contribution in [0.4, 0.5) is 0 Å². The molecular weight excluding hydrogens is 424 g/mol. The van der Waals surface area contributed by atoms with E-state index in [0.29, 0.717) is 0 Å². The number of benzene rings is 5. The highest BCUT2D eigenvalue weighted by atomic mass is 15.2. The summed E-state index contributed by atoms with van der Waals surface area (Å²) in [6.45, 7) is 2.19. The lowest BCUT2D eigenvalue weighted by Crippen LogP contribution is -2.30. The Kier molecular flexibility index (Phi) is 5.27. The molecule has 1 heterocycles. The van der Waals surface area contributed by atoms with E-state index in [0.717, 1.165) is 5.69 Å². The van der Waals surface area contributed by atoms with E-state index in [1.165, 1.54) is 50.2 Å². The van der Waals surface area contributed by atoms with Crippen LogP contribution in [0.1, 0.15) is 5.56 Å². The minimum atomic E-state index is 1.15. The van der Waals surface area contributed by atoms with Crippen LogP contribution in [-0.4, -0.2) is 4.57 Å². The number of nitrogens with zero attached hydrogens (tertiary/aromatic N) is 2. The van der Waals surface area contributed by atoms with Crippen molar-refractivity contribution in [3.63, 3.8) is 0 Å². The maximum absolute atomic E-state index is 2.40. The van der Waals surface area contributed by atoms with Crippen LogP contribution < -0.4 is 4.57 Å². The number of fused-ring (bicyclic) bond motifs is 1. The summed E-state index contributed by atoms with van der Waals surface area (Å²) in [5.74, 6) is 1.18. The zero-order chi connectivity index (χ0) is 23.8. The molecule has 168 valence electrons. The lowest BCUT2D eigenvalue weighted by Gasteiger charge is -2.08. The molecule has 0 atom stereocenters. The Balaban J connectivity index is 1.61. The van der Waals surface area contributed by atoms with E-state index in [1.54, 1.807) is 0 Å². The normalized spacial score (nSPS) is 11.1. The average Bonchev–Trinajstić information content (AvgIpc) is 3.21. The van der Waals surface area contributed by atoms with Gasteiger partial charge in [0.15, 0.2) is 11.0 Å². The van der Waals surface area contributed by atoms with Crippen LogP contribution in [0, 0.1) is 6.92 Å². The van der Waals surface area contributed by atoms with Crippen LogP contribution in [0.3, 0.4) is 0 Å². The summed E-state index contributed by atoms with van der Waals surface area (Å²) in [6.07, 6.45) is 0. The first-order valence-corrected chi connectivity index (χ1v) is 12.0. The van der Waals surface area contributed by atoms with E-state index in [2.05, 4.69) is 150 Å². The number of rotatable bonds is 4. The van der Waals surface area contributed by atoms with E-state index >= 15 is 0 Å². The highest BCUT2D eigenvalue weighted by Crippen LogP contribution is 2.32. The van der Waals surface area contributed by atoms with Crippen LogP contribution in [0.25, 0.3) is 50.4 Å². The highest BCUT2D eigenvalue weighted by Gasteiger charge is 2.27. The van der Waals surface area contributed by atoms with Crippen molar-refractivity contribution in [2.24, 2.45) is 7.05 Å². The third-order valence-electron chi connectivity index (χ3n) is 6.83. The fraction of sp³-hybridized carbons (Fsp3) is 0.0606. The van der Waals surface area contributed by atoms with Crippen molar-refractivity contribution in [2.45, 2.75) is 6.92 Å². The fourth-order valence-electron chi connectivity index (χ4n) is 4.99. The number of hydrogen-bond acceptors (Lipinski definition) is 0. The van der Waals surface area contributed by atoms with Gasteiger partial charge in [-0.05, 0) is 71.1 Å². The molecule has 0 bridgehead atoms. The largest absolute Gasteiger partial charge is 0.295 e. The van der Waals surface area contributed by atoms with Gasteiger partial charge in [0, 0.05) is 0 Å². The topological polar surface area (TPSA) is 8.81 Å². The third-order valence-corrected chi connectivity index (χ3v) is 6.83. The van der Waals surface area contributed by atoms with Crippen molar-refractivity contribution < 1.29 is 4.57 Å². The molecule has 5 aromatic carbocycles. The lowest BCUT2D eigenvalue weighted by molar-refractivity contribution is -0.633. The molecule has 0 spiro atoms. The monoisotopic (exact) mass is 451 g/mol. The summed E-state index contributed by atoms with van der Waals surface area (Å²) in [7, 11) is 2.17. The highest BCUT2D eigenvalue weighted by molar-refractivity contribution is 5.85. The van der Waals surface area contributed by atoms with Gasteiger partial charge in [-0.1, -0.05) is 91.0 Å². The van der Waals surface area contributed by atoms with Gasteiger partial charge in [0.05, 0.1) is 12.6 Å². The van der Waals surface area contributed by atoms with Gasteiger partial charge in [0.25, 0.3) is 5.82 Å². The third kappa shape index (κ3) is 3.74. The van der Waals surface area contributed by atoms with Crippen LogP contribution in [-0.2, 0) is 7.05 Å². The van der Waals surface area contributed by atoms with Gasteiger partial charge < -0.3 is 0 Å². The molecule has 1 aromatic heterocycles. The Morgan fingerprint density at radius 3 is 1.74 bits per heavy atom. The van der Waals surface area contributed by atoms with Crippen LogP contribution in [0.15, 0.2) is 127 Å². The smallest absolute Gasteiger partial charge is 0.225 e. The summed E-state index contributed by atoms with van der Waals surface area (Å²) >= 11 is 0. The van der Waals surface area contributed by atoms with Gasteiger partial charge in [-0.2, -0.15) is 4.57 Å². The van der Waals surface area contributed by atoms with Gasteiger partial charge in [-0.15, -0.1) is 0 Å². The second-order valence-electron chi connectivity index (χ2n) is 9.02. The van der Waals surface area contributed by atoms with Crippen LogP contribution >= 0.6 is 0 Å². The summed E-state index contributed by atoms with van der Waals surface area (Å²) in [6, 6.07) is 45.5. The molecule has 0 radical (unpaired) electrons. The minimum Gasteiger partial charge on any atom is -0.225 e. The van der Waals surface area contributed by atoms with Crippen LogP contribution in [0.5, 0.6) is 0 Å². The molecule has 6 aromatic rings. The quantitative estimate of drug-likeness (QED) is 0.242. The van der Waals surface area contributed by atoms with Crippen molar-refractivity contribution >= 4 is 11.0 Å². The van der Waals surface area contributed by atoms with E-state index in [9.17, 15) is 0 Å².